The summed E-state index contributed by atoms with van der Waals surface area (Å²) in [7, 11) is 0. The average Bonchev–Trinajstić information content (AvgIpc) is 2.39. The van der Waals surface area contributed by atoms with Crippen molar-refractivity contribution in [3.63, 3.8) is 0 Å². The average molecular weight is 300 g/mol. The topological polar surface area (TPSA) is 74.6 Å². The molecular weight excluding hydrogens is 268 g/mol. The van der Waals surface area contributed by atoms with Gasteiger partial charge in [0.15, 0.2) is 0 Å². The Morgan fingerprint density at radius 3 is 1.81 bits per heavy atom. The highest BCUT2D eigenvalue weighted by Crippen LogP contribution is 2.28. The number of hydrogen-bond donors (Lipinski definition) is 2. The molecule has 0 heterocycles. The number of rotatable bonds is 12. The van der Waals surface area contributed by atoms with E-state index in [2.05, 4.69) is 13.8 Å². The van der Waals surface area contributed by atoms with Crippen LogP contribution in [-0.2, 0) is 9.59 Å². The van der Waals surface area contributed by atoms with Crippen LogP contribution in [-0.4, -0.2) is 22.2 Å². The molecule has 4 heteroatoms. The number of carboxylic acid groups (broad SMARTS) is 2. The molecule has 124 valence electrons. The molecule has 0 aromatic heterocycles. The van der Waals surface area contributed by atoms with E-state index in [0.717, 1.165) is 25.7 Å². The second kappa shape index (κ2) is 10.6. The van der Waals surface area contributed by atoms with Crippen LogP contribution in [0.15, 0.2) is 0 Å². The highest BCUT2D eigenvalue weighted by Gasteiger charge is 2.29. The summed E-state index contributed by atoms with van der Waals surface area (Å²) in [6.07, 6.45) is 5.63. The third kappa shape index (κ3) is 8.74. The van der Waals surface area contributed by atoms with Gasteiger partial charge in [0.25, 0.3) is 0 Å². The Kier molecular flexibility index (Phi) is 10.1. The molecule has 21 heavy (non-hydrogen) atoms. The van der Waals surface area contributed by atoms with Crippen LogP contribution >= 0.6 is 0 Å². The summed E-state index contributed by atoms with van der Waals surface area (Å²) in [5, 5.41) is 18.7. The first-order valence-electron chi connectivity index (χ1n) is 8.27. The molecule has 0 aromatic rings. The van der Waals surface area contributed by atoms with E-state index < -0.39 is 23.8 Å². The molecule has 3 atom stereocenters. The zero-order valence-electron chi connectivity index (χ0n) is 14.0. The quantitative estimate of drug-likeness (QED) is 0.559. The van der Waals surface area contributed by atoms with Gasteiger partial charge in [0.2, 0.25) is 0 Å². The van der Waals surface area contributed by atoms with E-state index in [-0.39, 0.29) is 12.3 Å². The predicted octanol–water partition coefficient (Wildman–Crippen LogP) is 4.43. The van der Waals surface area contributed by atoms with Crippen LogP contribution in [0.4, 0.5) is 0 Å². The molecule has 0 aliphatic carbocycles. The first kappa shape index (κ1) is 19.9. The number of carboxylic acids is 2. The van der Waals surface area contributed by atoms with Crippen molar-refractivity contribution in [2.75, 3.05) is 0 Å². The Balaban J connectivity index is 4.71. The van der Waals surface area contributed by atoms with Crippen LogP contribution < -0.4 is 0 Å². The van der Waals surface area contributed by atoms with Crippen molar-refractivity contribution in [1.82, 2.24) is 0 Å². The fourth-order valence-corrected chi connectivity index (χ4v) is 2.89. The van der Waals surface area contributed by atoms with Crippen LogP contribution in [0.25, 0.3) is 0 Å². The van der Waals surface area contributed by atoms with Crippen molar-refractivity contribution in [3.05, 3.63) is 0 Å². The summed E-state index contributed by atoms with van der Waals surface area (Å²) in [5.74, 6) is -2.14. The monoisotopic (exact) mass is 300 g/mol. The molecule has 0 bridgehead atoms. The predicted molar refractivity (Wildman–Crippen MR) is 84.2 cm³/mol. The molecule has 4 nitrogen and oxygen atoms in total. The molecule has 0 aromatic carbocycles. The van der Waals surface area contributed by atoms with Crippen LogP contribution in [0.3, 0.4) is 0 Å². The molecule has 3 unspecified atom stereocenters. The summed E-state index contributed by atoms with van der Waals surface area (Å²) in [6.45, 7) is 8.16. The third-order valence-electron chi connectivity index (χ3n) is 4.18. The lowest BCUT2D eigenvalue weighted by Crippen LogP contribution is -2.26. The molecule has 2 N–H and O–H groups in total. The Hall–Kier alpha value is -1.06. The smallest absolute Gasteiger partial charge is 0.306 e. The van der Waals surface area contributed by atoms with Gasteiger partial charge in [-0.25, -0.2) is 0 Å². The van der Waals surface area contributed by atoms with Crippen molar-refractivity contribution in [1.29, 1.82) is 0 Å². The molecule has 0 spiro atoms. The van der Waals surface area contributed by atoms with Gasteiger partial charge in [0, 0.05) is 0 Å². The lowest BCUT2D eigenvalue weighted by Gasteiger charge is -2.23. The zero-order chi connectivity index (χ0) is 16.4. The fourth-order valence-electron chi connectivity index (χ4n) is 2.89. The molecular formula is C17H32O4. The number of unbranched alkanes of at least 4 members (excludes halogenated alkanes) is 1. The van der Waals surface area contributed by atoms with Gasteiger partial charge in [-0.2, -0.15) is 0 Å². The van der Waals surface area contributed by atoms with Crippen LogP contribution in [0, 0.1) is 23.7 Å². The summed E-state index contributed by atoms with van der Waals surface area (Å²) < 4.78 is 0. The van der Waals surface area contributed by atoms with Crippen LogP contribution in [0.5, 0.6) is 0 Å². The van der Waals surface area contributed by atoms with Crippen molar-refractivity contribution in [2.45, 2.75) is 72.6 Å². The summed E-state index contributed by atoms with van der Waals surface area (Å²) >= 11 is 0. The minimum absolute atomic E-state index is 0.255. The van der Waals surface area contributed by atoms with E-state index in [0.29, 0.717) is 18.8 Å². The number of aliphatic carboxylic acids is 2. The molecule has 0 aliphatic rings. The fraction of sp³-hybridized carbons (Fsp3) is 0.882. The van der Waals surface area contributed by atoms with Crippen molar-refractivity contribution < 1.29 is 19.8 Å². The number of carbonyl (C=O) groups is 2. The highest BCUT2D eigenvalue weighted by molar-refractivity contribution is 5.73. The SMILES string of the molecule is CCCCC(CC)CC(CC(CC(C)C)C(=O)O)C(=O)O. The molecule has 0 saturated carbocycles. The van der Waals surface area contributed by atoms with E-state index in [1.54, 1.807) is 0 Å². The van der Waals surface area contributed by atoms with Crippen LogP contribution in [0.2, 0.25) is 0 Å². The first-order valence-corrected chi connectivity index (χ1v) is 8.27. The van der Waals surface area contributed by atoms with Gasteiger partial charge in [-0.1, -0.05) is 53.4 Å². The van der Waals surface area contributed by atoms with E-state index in [4.69, 9.17) is 0 Å². The van der Waals surface area contributed by atoms with Gasteiger partial charge in [-0.05, 0) is 31.1 Å². The first-order chi connectivity index (χ1) is 9.81. The maximum atomic E-state index is 11.5. The van der Waals surface area contributed by atoms with Crippen molar-refractivity contribution in [3.8, 4) is 0 Å². The maximum Gasteiger partial charge on any atom is 0.306 e. The van der Waals surface area contributed by atoms with Gasteiger partial charge in [-0.15, -0.1) is 0 Å². The Morgan fingerprint density at radius 1 is 0.905 bits per heavy atom. The van der Waals surface area contributed by atoms with Crippen molar-refractivity contribution >= 4 is 11.9 Å². The van der Waals surface area contributed by atoms with Gasteiger partial charge in [0.1, 0.15) is 0 Å². The Labute approximate surface area is 128 Å². The minimum Gasteiger partial charge on any atom is -0.481 e. The van der Waals surface area contributed by atoms with E-state index >= 15 is 0 Å². The van der Waals surface area contributed by atoms with Gasteiger partial charge in [-0.3, -0.25) is 9.59 Å². The Morgan fingerprint density at radius 2 is 1.43 bits per heavy atom. The second-order valence-corrected chi connectivity index (χ2v) is 6.59. The zero-order valence-corrected chi connectivity index (χ0v) is 14.0. The standard InChI is InChI=1S/C17H32O4/c1-5-7-8-13(6-2)10-15(17(20)21)11-14(16(18)19)9-12(3)4/h12-15H,5-11H2,1-4H3,(H,18,19)(H,20,21). The number of hydrogen-bond acceptors (Lipinski definition) is 2. The summed E-state index contributed by atoms with van der Waals surface area (Å²) in [5.41, 5.74) is 0. The Bertz CT molecular complexity index is 312. The lowest BCUT2D eigenvalue weighted by molar-refractivity contribution is -0.146. The van der Waals surface area contributed by atoms with E-state index in [1.807, 2.05) is 13.8 Å². The summed E-state index contributed by atoms with van der Waals surface area (Å²) in [6, 6.07) is 0. The largest absolute Gasteiger partial charge is 0.481 e. The van der Waals surface area contributed by atoms with Crippen LogP contribution in [0.1, 0.15) is 72.6 Å². The molecule has 0 fully saturated rings. The van der Waals surface area contributed by atoms with Gasteiger partial charge in [0.05, 0.1) is 11.8 Å². The minimum atomic E-state index is -0.864. The second-order valence-electron chi connectivity index (χ2n) is 6.59. The molecule has 0 saturated heterocycles. The third-order valence-corrected chi connectivity index (χ3v) is 4.18. The van der Waals surface area contributed by atoms with Gasteiger partial charge < -0.3 is 10.2 Å². The molecule has 0 rings (SSSR count). The molecule has 0 radical (unpaired) electrons. The molecule has 0 aliphatic heterocycles. The van der Waals surface area contributed by atoms with Gasteiger partial charge >= 0.3 is 11.9 Å². The van der Waals surface area contributed by atoms with E-state index in [9.17, 15) is 19.8 Å². The summed E-state index contributed by atoms with van der Waals surface area (Å²) in [4.78, 5) is 22.8. The lowest BCUT2D eigenvalue weighted by atomic mass is 9.81. The highest BCUT2D eigenvalue weighted by atomic mass is 16.4. The van der Waals surface area contributed by atoms with E-state index in [1.165, 1.54) is 0 Å². The maximum absolute atomic E-state index is 11.5. The normalized spacial score (nSPS) is 15.7. The van der Waals surface area contributed by atoms with Crippen molar-refractivity contribution in [2.24, 2.45) is 23.7 Å². The molecule has 0 amide bonds.